The maximum Gasteiger partial charge on any atom is 0.275 e. The molecule has 6 nitrogen and oxygen atoms in total. The van der Waals surface area contributed by atoms with Gasteiger partial charge < -0.3 is 13.9 Å². The predicted octanol–water partition coefficient (Wildman–Crippen LogP) is 5.71. The molecule has 5 aromatic rings. The van der Waals surface area contributed by atoms with E-state index in [4.69, 9.17) is 4.74 Å². The number of hydrogen-bond donors (Lipinski definition) is 0. The van der Waals surface area contributed by atoms with Gasteiger partial charge in [-0.15, -0.1) is 0 Å². The Morgan fingerprint density at radius 3 is 2.22 bits per heavy atom. The molecule has 0 radical (unpaired) electrons. The number of ether oxygens (including phenoxy) is 1. The van der Waals surface area contributed by atoms with Crippen molar-refractivity contribution in [3.05, 3.63) is 106 Å². The van der Waals surface area contributed by atoms with Crippen LogP contribution in [0.4, 0.5) is 0 Å². The van der Waals surface area contributed by atoms with Crippen LogP contribution in [0.3, 0.4) is 0 Å². The average molecular weight is 493 g/mol. The highest BCUT2D eigenvalue weighted by molar-refractivity contribution is 5.92. The Balaban J connectivity index is 1.65. The van der Waals surface area contributed by atoms with Crippen LogP contribution in [0, 0.1) is 13.8 Å². The highest BCUT2D eigenvalue weighted by Crippen LogP contribution is 2.39. The van der Waals surface area contributed by atoms with Gasteiger partial charge in [-0.1, -0.05) is 61.4 Å². The Bertz CT molecular complexity index is 1660. The number of nitrogens with zero attached hydrogens (tertiary/aromatic N) is 4. The van der Waals surface area contributed by atoms with Crippen molar-refractivity contribution < 1.29 is 4.74 Å². The van der Waals surface area contributed by atoms with E-state index < -0.39 is 0 Å². The predicted molar refractivity (Wildman–Crippen MR) is 148 cm³/mol. The molecule has 2 aromatic carbocycles. The fraction of sp³-hybridized carbons (Fsp3) is 0.290. The van der Waals surface area contributed by atoms with Gasteiger partial charge in [0.25, 0.3) is 5.56 Å². The molecular formula is C31H32N4O2. The second-order valence-corrected chi connectivity index (χ2v) is 10.8. The molecule has 1 aliphatic heterocycles. The zero-order valence-corrected chi connectivity index (χ0v) is 22.0. The summed E-state index contributed by atoms with van der Waals surface area (Å²) in [4.78, 5) is 13.8. The molecule has 1 aliphatic rings. The van der Waals surface area contributed by atoms with Gasteiger partial charge in [-0.25, -0.2) is 0 Å². The Hall–Kier alpha value is -3.90. The van der Waals surface area contributed by atoms with Gasteiger partial charge >= 0.3 is 0 Å². The molecule has 0 saturated carbocycles. The SMILES string of the molecule is Cc1ccc(-n2c(-c3cnn(C4COC4)c3)cc3c(C(C)(C)c4ccc(C)cc4)cn(C)c(=O)c32)cc1. The number of fused-ring (bicyclic) bond motifs is 1. The fourth-order valence-corrected chi connectivity index (χ4v) is 5.26. The molecule has 0 amide bonds. The van der Waals surface area contributed by atoms with Crippen molar-refractivity contribution in [3.8, 4) is 16.9 Å². The largest absolute Gasteiger partial charge is 0.377 e. The summed E-state index contributed by atoms with van der Waals surface area (Å²) in [5.41, 5.74) is 7.95. The summed E-state index contributed by atoms with van der Waals surface area (Å²) in [7, 11) is 1.84. The van der Waals surface area contributed by atoms with E-state index in [9.17, 15) is 4.79 Å². The van der Waals surface area contributed by atoms with E-state index in [2.05, 4.69) is 98.2 Å². The third kappa shape index (κ3) is 3.83. The lowest BCUT2D eigenvalue weighted by Gasteiger charge is -2.27. The second kappa shape index (κ2) is 8.60. The van der Waals surface area contributed by atoms with Gasteiger partial charge in [-0.3, -0.25) is 9.48 Å². The molecule has 4 heterocycles. The minimum absolute atomic E-state index is 0.0231. The van der Waals surface area contributed by atoms with Crippen LogP contribution in [-0.2, 0) is 17.2 Å². The van der Waals surface area contributed by atoms with Gasteiger partial charge in [0.15, 0.2) is 0 Å². The van der Waals surface area contributed by atoms with Crippen LogP contribution >= 0.6 is 0 Å². The first kappa shape index (κ1) is 23.5. The van der Waals surface area contributed by atoms with Crippen LogP contribution in [0.15, 0.2) is 78.0 Å². The first-order valence-corrected chi connectivity index (χ1v) is 12.8. The molecule has 0 spiro atoms. The van der Waals surface area contributed by atoms with Gasteiger partial charge in [0.1, 0.15) is 5.52 Å². The zero-order valence-electron chi connectivity index (χ0n) is 22.0. The quantitative estimate of drug-likeness (QED) is 0.316. The number of hydrogen-bond acceptors (Lipinski definition) is 3. The molecule has 0 atom stereocenters. The summed E-state index contributed by atoms with van der Waals surface area (Å²) in [5, 5.41) is 5.60. The highest BCUT2D eigenvalue weighted by atomic mass is 16.5. The van der Waals surface area contributed by atoms with E-state index in [1.807, 2.05) is 24.1 Å². The van der Waals surface area contributed by atoms with E-state index in [1.54, 1.807) is 4.57 Å². The first-order valence-electron chi connectivity index (χ1n) is 12.8. The third-order valence-corrected chi connectivity index (χ3v) is 7.77. The minimum atomic E-state index is -0.318. The minimum Gasteiger partial charge on any atom is -0.377 e. The molecule has 0 N–H and O–H groups in total. The van der Waals surface area contributed by atoms with E-state index in [1.165, 1.54) is 16.7 Å². The smallest absolute Gasteiger partial charge is 0.275 e. The summed E-state index contributed by atoms with van der Waals surface area (Å²) in [6.07, 6.45) is 5.97. The first-order chi connectivity index (χ1) is 17.7. The van der Waals surface area contributed by atoms with Crippen molar-refractivity contribution in [2.24, 2.45) is 7.05 Å². The maximum absolute atomic E-state index is 13.8. The van der Waals surface area contributed by atoms with E-state index in [0.717, 1.165) is 27.9 Å². The van der Waals surface area contributed by atoms with Crippen molar-refractivity contribution >= 4 is 10.9 Å². The van der Waals surface area contributed by atoms with Crippen LogP contribution < -0.4 is 5.56 Å². The van der Waals surface area contributed by atoms with Crippen LogP contribution in [0.2, 0.25) is 0 Å². The zero-order chi connectivity index (χ0) is 25.9. The lowest BCUT2D eigenvalue weighted by atomic mass is 9.77. The molecule has 3 aromatic heterocycles. The number of aromatic nitrogens is 4. The van der Waals surface area contributed by atoms with Gasteiger partial charge in [0.2, 0.25) is 0 Å². The summed E-state index contributed by atoms with van der Waals surface area (Å²) in [6.45, 7) is 9.99. The molecule has 6 heteroatoms. The molecule has 1 saturated heterocycles. The maximum atomic E-state index is 13.8. The molecule has 0 aliphatic carbocycles. The second-order valence-electron chi connectivity index (χ2n) is 10.8. The highest BCUT2D eigenvalue weighted by Gasteiger charge is 2.30. The van der Waals surface area contributed by atoms with Gasteiger partial charge in [0.05, 0.1) is 31.1 Å². The molecule has 0 unspecified atom stereocenters. The van der Waals surface area contributed by atoms with Crippen molar-refractivity contribution in [1.82, 2.24) is 18.9 Å². The normalized spacial score (nSPS) is 14.3. The van der Waals surface area contributed by atoms with Crippen molar-refractivity contribution in [2.45, 2.75) is 39.2 Å². The summed E-state index contributed by atoms with van der Waals surface area (Å²) < 4.78 is 11.2. The molecular weight excluding hydrogens is 460 g/mol. The Morgan fingerprint density at radius 1 is 0.946 bits per heavy atom. The Labute approximate surface area is 216 Å². The topological polar surface area (TPSA) is 54.0 Å². The van der Waals surface area contributed by atoms with Gasteiger partial charge in [0, 0.05) is 41.5 Å². The van der Waals surface area contributed by atoms with Crippen molar-refractivity contribution in [1.29, 1.82) is 0 Å². The average Bonchev–Trinajstić information content (AvgIpc) is 3.46. The molecule has 6 rings (SSSR count). The van der Waals surface area contributed by atoms with Crippen LogP contribution in [-0.4, -0.2) is 32.1 Å². The van der Waals surface area contributed by atoms with Gasteiger partial charge in [-0.05, 0) is 43.2 Å². The number of rotatable bonds is 5. The standard InChI is InChI=1S/C31H32N4O2/c1-20-6-10-23(11-7-20)31(3,4)27-17-33(5)30(36)29-26(27)14-28(35(29)24-12-8-21(2)9-13-24)22-15-32-34(16-22)25-18-37-19-25/h6-17,25H,18-19H2,1-5H3. The number of benzene rings is 2. The molecule has 188 valence electrons. The number of aryl methyl sites for hydroxylation is 3. The van der Waals surface area contributed by atoms with E-state index in [0.29, 0.717) is 18.7 Å². The van der Waals surface area contributed by atoms with Crippen LogP contribution in [0.1, 0.15) is 42.1 Å². The Morgan fingerprint density at radius 2 is 1.59 bits per heavy atom. The Kier molecular flexibility index (Phi) is 5.46. The van der Waals surface area contributed by atoms with Crippen LogP contribution in [0.5, 0.6) is 0 Å². The monoisotopic (exact) mass is 492 g/mol. The lowest BCUT2D eigenvalue weighted by Crippen LogP contribution is -2.30. The van der Waals surface area contributed by atoms with Crippen molar-refractivity contribution in [3.63, 3.8) is 0 Å². The molecule has 0 bridgehead atoms. The van der Waals surface area contributed by atoms with Gasteiger partial charge in [-0.2, -0.15) is 5.10 Å². The summed E-state index contributed by atoms with van der Waals surface area (Å²) >= 11 is 0. The summed E-state index contributed by atoms with van der Waals surface area (Å²) in [5.74, 6) is 0. The molecule has 1 fully saturated rings. The van der Waals surface area contributed by atoms with Crippen LogP contribution in [0.25, 0.3) is 27.8 Å². The van der Waals surface area contributed by atoms with E-state index in [-0.39, 0.29) is 17.0 Å². The number of pyridine rings is 1. The summed E-state index contributed by atoms with van der Waals surface area (Å²) in [6, 6.07) is 19.4. The lowest BCUT2D eigenvalue weighted by molar-refractivity contribution is -0.0286. The van der Waals surface area contributed by atoms with Crippen molar-refractivity contribution in [2.75, 3.05) is 13.2 Å². The molecule has 37 heavy (non-hydrogen) atoms. The van der Waals surface area contributed by atoms with E-state index >= 15 is 0 Å². The third-order valence-electron chi connectivity index (χ3n) is 7.77. The fourth-order valence-electron chi connectivity index (χ4n) is 5.26.